The molecule has 0 aliphatic heterocycles. The van der Waals surface area contributed by atoms with Crippen molar-refractivity contribution in [1.82, 2.24) is 20.1 Å². The lowest BCUT2D eigenvalue weighted by atomic mass is 10.0. The molecule has 1 aromatic carbocycles. The Hall–Kier alpha value is -3.19. The van der Waals surface area contributed by atoms with Crippen LogP contribution in [0.15, 0.2) is 55.0 Å². The summed E-state index contributed by atoms with van der Waals surface area (Å²) in [5, 5.41) is 7.24. The van der Waals surface area contributed by atoms with Crippen molar-refractivity contribution in [2.45, 2.75) is 32.9 Å². The Kier molecular flexibility index (Phi) is 7.19. The fraction of sp³-hybridized carbons (Fsp3) is 0.348. The van der Waals surface area contributed by atoms with Crippen LogP contribution in [0.25, 0.3) is 11.1 Å². The highest BCUT2D eigenvalue weighted by molar-refractivity contribution is 5.99. The molecule has 30 heavy (non-hydrogen) atoms. The first-order chi connectivity index (χ1) is 14.4. The smallest absolute Gasteiger partial charge is 0.255 e. The molecule has 7 nitrogen and oxygen atoms in total. The molecule has 1 unspecified atom stereocenters. The third kappa shape index (κ3) is 5.90. The van der Waals surface area contributed by atoms with E-state index in [-0.39, 0.29) is 17.8 Å². The van der Waals surface area contributed by atoms with Crippen molar-refractivity contribution in [3.63, 3.8) is 0 Å². The summed E-state index contributed by atoms with van der Waals surface area (Å²) in [6.07, 6.45) is 6.05. The van der Waals surface area contributed by atoms with Gasteiger partial charge in [-0.3, -0.25) is 9.48 Å². The normalized spacial score (nSPS) is 12.1. The van der Waals surface area contributed by atoms with Crippen LogP contribution < -0.4 is 11.1 Å². The number of nitrogen functional groups attached to an aromatic ring is 1. The number of nitrogens with two attached hydrogens (primary N) is 1. The fourth-order valence-corrected chi connectivity index (χ4v) is 3.28. The second-order valence-corrected chi connectivity index (χ2v) is 7.86. The molecule has 2 aromatic heterocycles. The van der Waals surface area contributed by atoms with E-state index in [1.165, 1.54) is 0 Å². The van der Waals surface area contributed by atoms with Crippen LogP contribution in [-0.2, 0) is 18.4 Å². The van der Waals surface area contributed by atoms with E-state index in [1.54, 1.807) is 23.1 Å². The van der Waals surface area contributed by atoms with Crippen molar-refractivity contribution in [3.8, 4) is 11.1 Å². The minimum Gasteiger partial charge on any atom is -0.383 e. The van der Waals surface area contributed by atoms with Gasteiger partial charge in [0, 0.05) is 30.6 Å². The Labute approximate surface area is 177 Å². The minimum absolute atomic E-state index is 0.123. The molecule has 158 valence electrons. The van der Waals surface area contributed by atoms with Gasteiger partial charge >= 0.3 is 0 Å². The molecule has 0 aliphatic rings. The number of hydrogen-bond acceptors (Lipinski definition) is 5. The van der Waals surface area contributed by atoms with Gasteiger partial charge in [-0.2, -0.15) is 5.10 Å². The predicted octanol–water partition coefficient (Wildman–Crippen LogP) is 3.43. The molecule has 1 amide bonds. The van der Waals surface area contributed by atoms with Gasteiger partial charge in [0.15, 0.2) is 0 Å². The standard InChI is InChI=1S/C23H29N5O2/c1-16(2)9-20(15-30-14-17-7-5-4-6-8-17)27-23(29)21-10-18(11-25-22(21)24)19-12-26-28(3)13-19/h4-8,10-13,16,20H,9,14-15H2,1-3H3,(H2,24,25)(H,27,29). The first-order valence-electron chi connectivity index (χ1n) is 10.1. The first kappa shape index (κ1) is 21.5. The number of aryl methyl sites for hydroxylation is 1. The molecule has 0 saturated heterocycles. The molecule has 7 heteroatoms. The molecule has 0 fully saturated rings. The largest absolute Gasteiger partial charge is 0.383 e. The third-order valence-corrected chi connectivity index (χ3v) is 4.72. The maximum Gasteiger partial charge on any atom is 0.255 e. The van der Waals surface area contributed by atoms with Gasteiger partial charge in [-0.05, 0) is 24.0 Å². The van der Waals surface area contributed by atoms with Gasteiger partial charge in [-0.25, -0.2) is 4.98 Å². The van der Waals surface area contributed by atoms with Crippen LogP contribution in [0.1, 0.15) is 36.2 Å². The first-order valence-corrected chi connectivity index (χ1v) is 10.1. The Morgan fingerprint density at radius 3 is 2.63 bits per heavy atom. The summed E-state index contributed by atoms with van der Waals surface area (Å²) in [4.78, 5) is 17.2. The zero-order chi connectivity index (χ0) is 21.5. The molecule has 0 spiro atoms. The summed E-state index contributed by atoms with van der Waals surface area (Å²) in [6, 6.07) is 11.6. The zero-order valence-electron chi connectivity index (χ0n) is 17.7. The maximum atomic E-state index is 13.0. The summed E-state index contributed by atoms with van der Waals surface area (Å²) >= 11 is 0. The monoisotopic (exact) mass is 407 g/mol. The highest BCUT2D eigenvalue weighted by Gasteiger charge is 2.19. The number of pyridine rings is 1. The van der Waals surface area contributed by atoms with Gasteiger partial charge in [0.1, 0.15) is 5.82 Å². The summed E-state index contributed by atoms with van der Waals surface area (Å²) in [5.74, 6) is 0.362. The number of aromatic nitrogens is 3. The summed E-state index contributed by atoms with van der Waals surface area (Å²) in [6.45, 7) is 5.17. The summed E-state index contributed by atoms with van der Waals surface area (Å²) in [5.41, 5.74) is 9.13. The van der Waals surface area contributed by atoms with Gasteiger partial charge in [0.25, 0.3) is 5.91 Å². The molecule has 2 heterocycles. The van der Waals surface area contributed by atoms with E-state index in [0.29, 0.717) is 24.7 Å². The summed E-state index contributed by atoms with van der Waals surface area (Å²) < 4.78 is 7.58. The average Bonchev–Trinajstić information content (AvgIpc) is 3.15. The summed E-state index contributed by atoms with van der Waals surface area (Å²) in [7, 11) is 1.84. The Morgan fingerprint density at radius 1 is 1.20 bits per heavy atom. The number of carbonyl (C=O) groups is 1. The zero-order valence-corrected chi connectivity index (χ0v) is 17.7. The molecule has 0 bridgehead atoms. The lowest BCUT2D eigenvalue weighted by Gasteiger charge is -2.21. The number of amides is 1. The number of benzene rings is 1. The molecular formula is C23H29N5O2. The lowest BCUT2D eigenvalue weighted by molar-refractivity contribution is 0.0766. The van der Waals surface area contributed by atoms with Crippen LogP contribution in [0.5, 0.6) is 0 Å². The quantitative estimate of drug-likeness (QED) is 0.567. The topological polar surface area (TPSA) is 95.1 Å². The Bertz CT molecular complexity index is 969. The number of anilines is 1. The van der Waals surface area contributed by atoms with Crippen molar-refractivity contribution in [2.24, 2.45) is 13.0 Å². The number of carbonyl (C=O) groups excluding carboxylic acids is 1. The molecule has 3 rings (SSSR count). The number of rotatable bonds is 9. The van der Waals surface area contributed by atoms with Crippen LogP contribution in [-0.4, -0.2) is 33.3 Å². The molecule has 1 atom stereocenters. The van der Waals surface area contributed by atoms with Crippen LogP contribution >= 0.6 is 0 Å². The second-order valence-electron chi connectivity index (χ2n) is 7.86. The van der Waals surface area contributed by atoms with Crippen LogP contribution in [0.3, 0.4) is 0 Å². The van der Waals surface area contributed by atoms with E-state index >= 15 is 0 Å². The molecule has 0 saturated carbocycles. The van der Waals surface area contributed by atoms with Gasteiger partial charge in [0.05, 0.1) is 31.0 Å². The highest BCUT2D eigenvalue weighted by Crippen LogP contribution is 2.21. The van der Waals surface area contributed by atoms with Gasteiger partial charge in [-0.1, -0.05) is 44.2 Å². The number of nitrogens with one attached hydrogen (secondary N) is 1. The van der Waals surface area contributed by atoms with Crippen LogP contribution in [0.2, 0.25) is 0 Å². The van der Waals surface area contributed by atoms with Crippen molar-refractivity contribution < 1.29 is 9.53 Å². The van der Waals surface area contributed by atoms with E-state index < -0.39 is 0 Å². The van der Waals surface area contributed by atoms with Crippen LogP contribution in [0, 0.1) is 5.92 Å². The lowest BCUT2D eigenvalue weighted by Crippen LogP contribution is -2.39. The average molecular weight is 408 g/mol. The number of ether oxygens (including phenoxy) is 1. The Balaban J connectivity index is 1.68. The number of nitrogens with zero attached hydrogens (tertiary/aromatic N) is 3. The van der Waals surface area contributed by atoms with E-state index in [2.05, 4.69) is 29.2 Å². The van der Waals surface area contributed by atoms with Crippen LogP contribution in [0.4, 0.5) is 5.82 Å². The second kappa shape index (κ2) is 10.0. The fourth-order valence-electron chi connectivity index (χ4n) is 3.28. The van der Waals surface area contributed by atoms with Gasteiger partial charge < -0.3 is 15.8 Å². The van der Waals surface area contributed by atoms with Gasteiger partial charge in [-0.15, -0.1) is 0 Å². The number of hydrogen-bond donors (Lipinski definition) is 2. The highest BCUT2D eigenvalue weighted by atomic mass is 16.5. The van der Waals surface area contributed by atoms with Crippen molar-refractivity contribution >= 4 is 11.7 Å². The molecule has 0 aliphatic carbocycles. The molecule has 3 aromatic rings. The van der Waals surface area contributed by atoms with Crippen molar-refractivity contribution in [2.75, 3.05) is 12.3 Å². The third-order valence-electron chi connectivity index (χ3n) is 4.72. The van der Waals surface area contributed by atoms with Crippen molar-refractivity contribution in [3.05, 3.63) is 66.1 Å². The SMILES string of the molecule is CC(C)CC(COCc1ccccc1)NC(=O)c1cc(-c2cnn(C)c2)cnc1N. The molecule has 0 radical (unpaired) electrons. The molecular weight excluding hydrogens is 378 g/mol. The molecule has 3 N–H and O–H groups in total. The minimum atomic E-state index is -0.250. The Morgan fingerprint density at radius 2 is 1.97 bits per heavy atom. The van der Waals surface area contributed by atoms with E-state index in [4.69, 9.17) is 10.5 Å². The van der Waals surface area contributed by atoms with Gasteiger partial charge in [0.2, 0.25) is 0 Å². The van der Waals surface area contributed by atoms with Crippen molar-refractivity contribution in [1.29, 1.82) is 0 Å². The predicted molar refractivity (Wildman–Crippen MR) is 118 cm³/mol. The van der Waals surface area contributed by atoms with E-state index in [9.17, 15) is 4.79 Å². The van der Waals surface area contributed by atoms with E-state index in [1.807, 2.05) is 43.6 Å². The maximum absolute atomic E-state index is 13.0. The van der Waals surface area contributed by atoms with E-state index in [0.717, 1.165) is 23.1 Å².